The fourth-order valence-corrected chi connectivity index (χ4v) is 1.27. The molecule has 0 saturated heterocycles. The maximum absolute atomic E-state index is 11.0. The minimum absolute atomic E-state index is 0.191. The Kier molecular flexibility index (Phi) is 3.72. The van der Waals surface area contributed by atoms with Gasteiger partial charge in [0.05, 0.1) is 13.5 Å². The first-order valence-electron chi connectivity index (χ1n) is 4.15. The molecular formula is C11H11ClO2. The van der Waals surface area contributed by atoms with Crippen LogP contribution in [0.2, 0.25) is 5.02 Å². The van der Waals surface area contributed by atoms with Gasteiger partial charge in [0.25, 0.3) is 0 Å². The van der Waals surface area contributed by atoms with E-state index in [9.17, 15) is 4.79 Å². The van der Waals surface area contributed by atoms with Gasteiger partial charge in [-0.15, -0.1) is 0 Å². The highest BCUT2D eigenvalue weighted by Gasteiger charge is 2.06. The van der Waals surface area contributed by atoms with Crippen LogP contribution in [-0.2, 0) is 16.0 Å². The number of ether oxygens (including phenoxy) is 1. The molecule has 0 radical (unpaired) electrons. The molecule has 0 spiro atoms. The van der Waals surface area contributed by atoms with Crippen molar-refractivity contribution in [1.82, 2.24) is 0 Å². The van der Waals surface area contributed by atoms with Crippen LogP contribution in [0.25, 0.3) is 6.08 Å². The number of esters is 1. The van der Waals surface area contributed by atoms with E-state index in [0.717, 1.165) is 11.1 Å². The summed E-state index contributed by atoms with van der Waals surface area (Å²) in [6.45, 7) is 3.64. The summed E-state index contributed by atoms with van der Waals surface area (Å²) in [5, 5.41) is 0.570. The van der Waals surface area contributed by atoms with Crippen molar-refractivity contribution in [3.63, 3.8) is 0 Å². The molecule has 0 aromatic heterocycles. The summed E-state index contributed by atoms with van der Waals surface area (Å²) in [4.78, 5) is 11.0. The Morgan fingerprint density at radius 1 is 1.64 bits per heavy atom. The second-order valence-electron chi connectivity index (χ2n) is 2.81. The molecule has 0 N–H and O–H groups in total. The van der Waals surface area contributed by atoms with Crippen LogP contribution in [0.3, 0.4) is 0 Å². The second-order valence-corrected chi connectivity index (χ2v) is 3.22. The van der Waals surface area contributed by atoms with Crippen molar-refractivity contribution < 1.29 is 9.53 Å². The Morgan fingerprint density at radius 3 is 2.93 bits per heavy atom. The molecule has 1 aromatic rings. The Hall–Kier alpha value is -1.28. The lowest BCUT2D eigenvalue weighted by atomic mass is 10.1. The van der Waals surface area contributed by atoms with Crippen LogP contribution in [0.5, 0.6) is 0 Å². The van der Waals surface area contributed by atoms with Gasteiger partial charge in [-0.25, -0.2) is 0 Å². The molecule has 0 atom stereocenters. The minimum Gasteiger partial charge on any atom is -0.469 e. The second kappa shape index (κ2) is 4.82. The van der Waals surface area contributed by atoms with Gasteiger partial charge in [-0.1, -0.05) is 30.3 Å². The van der Waals surface area contributed by atoms with E-state index in [1.165, 1.54) is 7.11 Å². The summed E-state index contributed by atoms with van der Waals surface area (Å²) in [5.74, 6) is -0.298. The van der Waals surface area contributed by atoms with Crippen molar-refractivity contribution in [3.8, 4) is 0 Å². The predicted molar refractivity (Wildman–Crippen MR) is 57.3 cm³/mol. The molecule has 14 heavy (non-hydrogen) atoms. The zero-order valence-electron chi connectivity index (χ0n) is 7.92. The molecule has 0 aliphatic heterocycles. The van der Waals surface area contributed by atoms with Crippen molar-refractivity contribution in [2.45, 2.75) is 6.42 Å². The van der Waals surface area contributed by atoms with Crippen molar-refractivity contribution >= 4 is 23.6 Å². The lowest BCUT2D eigenvalue weighted by Crippen LogP contribution is -2.04. The van der Waals surface area contributed by atoms with Gasteiger partial charge in [-0.2, -0.15) is 0 Å². The topological polar surface area (TPSA) is 26.3 Å². The van der Waals surface area contributed by atoms with Crippen LogP contribution in [0.4, 0.5) is 0 Å². The molecule has 0 saturated carbocycles. The first kappa shape index (κ1) is 10.8. The highest BCUT2D eigenvalue weighted by molar-refractivity contribution is 6.31. The van der Waals surface area contributed by atoms with E-state index in [1.807, 2.05) is 12.1 Å². The van der Waals surface area contributed by atoms with Crippen LogP contribution in [0, 0.1) is 0 Å². The quantitative estimate of drug-likeness (QED) is 0.717. The maximum atomic E-state index is 11.0. The zero-order valence-corrected chi connectivity index (χ0v) is 8.67. The first-order chi connectivity index (χ1) is 6.67. The van der Waals surface area contributed by atoms with Gasteiger partial charge in [0.1, 0.15) is 0 Å². The number of methoxy groups -OCH3 is 1. The molecule has 0 unspecified atom stereocenters. The molecule has 0 fully saturated rings. The van der Waals surface area contributed by atoms with E-state index in [1.54, 1.807) is 12.1 Å². The number of hydrogen-bond acceptors (Lipinski definition) is 2. The van der Waals surface area contributed by atoms with Crippen molar-refractivity contribution in [3.05, 3.63) is 40.9 Å². The van der Waals surface area contributed by atoms with Gasteiger partial charge >= 0.3 is 5.97 Å². The lowest BCUT2D eigenvalue weighted by Gasteiger charge is -2.04. The standard InChI is InChI=1S/C11H11ClO2/c1-3-8-4-5-10(12)9(6-8)7-11(13)14-2/h3-6H,1,7H2,2H3. The summed E-state index contributed by atoms with van der Waals surface area (Å²) < 4.78 is 4.56. The molecule has 74 valence electrons. The fourth-order valence-electron chi connectivity index (χ4n) is 1.08. The normalized spacial score (nSPS) is 9.57. The number of hydrogen-bond donors (Lipinski definition) is 0. The highest BCUT2D eigenvalue weighted by atomic mass is 35.5. The minimum atomic E-state index is -0.298. The van der Waals surface area contributed by atoms with E-state index in [0.29, 0.717) is 5.02 Å². The number of rotatable bonds is 3. The van der Waals surface area contributed by atoms with Crippen LogP contribution in [-0.4, -0.2) is 13.1 Å². The molecule has 2 nitrogen and oxygen atoms in total. The van der Waals surface area contributed by atoms with E-state index in [-0.39, 0.29) is 12.4 Å². The van der Waals surface area contributed by atoms with Gasteiger partial charge in [0, 0.05) is 5.02 Å². The molecular weight excluding hydrogens is 200 g/mol. The summed E-state index contributed by atoms with van der Waals surface area (Å²) in [6, 6.07) is 5.42. The molecule has 0 aliphatic carbocycles. The fraction of sp³-hybridized carbons (Fsp3) is 0.182. The summed E-state index contributed by atoms with van der Waals surface area (Å²) in [6.07, 6.45) is 1.90. The Morgan fingerprint density at radius 2 is 2.36 bits per heavy atom. The predicted octanol–water partition coefficient (Wildman–Crippen LogP) is 2.70. The van der Waals surface area contributed by atoms with Crippen LogP contribution < -0.4 is 0 Å². The largest absolute Gasteiger partial charge is 0.469 e. The van der Waals surface area contributed by atoms with Crippen LogP contribution >= 0.6 is 11.6 Å². The van der Waals surface area contributed by atoms with Gasteiger partial charge in [0.2, 0.25) is 0 Å². The van der Waals surface area contributed by atoms with Crippen LogP contribution in [0.15, 0.2) is 24.8 Å². The van der Waals surface area contributed by atoms with Gasteiger partial charge in [-0.3, -0.25) is 4.79 Å². The third-order valence-electron chi connectivity index (χ3n) is 1.87. The van der Waals surface area contributed by atoms with Crippen LogP contribution in [0.1, 0.15) is 11.1 Å². The van der Waals surface area contributed by atoms with E-state index in [4.69, 9.17) is 11.6 Å². The Labute approximate surface area is 88.1 Å². The third-order valence-corrected chi connectivity index (χ3v) is 2.24. The first-order valence-corrected chi connectivity index (χ1v) is 4.53. The van der Waals surface area contributed by atoms with Crippen molar-refractivity contribution in [2.24, 2.45) is 0 Å². The zero-order chi connectivity index (χ0) is 10.6. The summed E-state index contributed by atoms with van der Waals surface area (Å²) >= 11 is 5.91. The van der Waals surface area contributed by atoms with Crippen molar-refractivity contribution in [2.75, 3.05) is 7.11 Å². The molecule has 0 amide bonds. The highest BCUT2D eigenvalue weighted by Crippen LogP contribution is 2.19. The average Bonchev–Trinajstić information content (AvgIpc) is 2.21. The molecule has 3 heteroatoms. The Balaban J connectivity index is 2.94. The lowest BCUT2D eigenvalue weighted by molar-refractivity contribution is -0.139. The van der Waals surface area contributed by atoms with Gasteiger partial charge < -0.3 is 4.74 Å². The van der Waals surface area contributed by atoms with E-state index in [2.05, 4.69) is 11.3 Å². The summed E-state index contributed by atoms with van der Waals surface area (Å²) in [7, 11) is 1.35. The Bertz CT molecular complexity index is 358. The van der Waals surface area contributed by atoms with E-state index < -0.39 is 0 Å². The molecule has 0 bridgehead atoms. The molecule has 0 aliphatic rings. The monoisotopic (exact) mass is 210 g/mol. The molecule has 1 rings (SSSR count). The molecule has 1 aromatic carbocycles. The maximum Gasteiger partial charge on any atom is 0.310 e. The number of carbonyl (C=O) groups is 1. The number of carbonyl (C=O) groups excluding carboxylic acids is 1. The smallest absolute Gasteiger partial charge is 0.310 e. The average molecular weight is 211 g/mol. The SMILES string of the molecule is C=Cc1ccc(Cl)c(CC(=O)OC)c1. The van der Waals surface area contributed by atoms with Crippen molar-refractivity contribution in [1.29, 1.82) is 0 Å². The number of halogens is 1. The van der Waals surface area contributed by atoms with Gasteiger partial charge in [0.15, 0.2) is 0 Å². The van der Waals surface area contributed by atoms with E-state index >= 15 is 0 Å². The molecule has 0 heterocycles. The number of benzene rings is 1. The third kappa shape index (κ3) is 2.60. The summed E-state index contributed by atoms with van der Waals surface area (Å²) in [5.41, 5.74) is 1.70. The van der Waals surface area contributed by atoms with Gasteiger partial charge in [-0.05, 0) is 23.3 Å².